The largest absolute Gasteiger partial charge is 0.457 e. The predicted octanol–water partition coefficient (Wildman–Crippen LogP) is 6.46. The Labute approximate surface area is 229 Å². The Balaban J connectivity index is 1.39. The van der Waals surface area contributed by atoms with Crippen LogP contribution in [-0.2, 0) is 11.3 Å². The van der Waals surface area contributed by atoms with Crippen molar-refractivity contribution in [3.8, 4) is 11.5 Å². The molecular formula is C32H34N4O3. The van der Waals surface area contributed by atoms with Gasteiger partial charge < -0.3 is 24.4 Å². The molecule has 7 nitrogen and oxygen atoms in total. The molecule has 0 spiro atoms. The molecule has 0 saturated heterocycles. The van der Waals surface area contributed by atoms with Gasteiger partial charge in [0.25, 0.3) is 0 Å². The summed E-state index contributed by atoms with van der Waals surface area (Å²) in [5, 5.41) is 2.94. The van der Waals surface area contributed by atoms with Crippen molar-refractivity contribution in [3.63, 3.8) is 0 Å². The van der Waals surface area contributed by atoms with E-state index in [1.54, 1.807) is 4.90 Å². The lowest BCUT2D eigenvalue weighted by Crippen LogP contribution is -2.50. The van der Waals surface area contributed by atoms with E-state index in [0.717, 1.165) is 22.6 Å². The fourth-order valence-electron chi connectivity index (χ4n) is 4.93. The topological polar surface area (TPSA) is 66.8 Å². The first-order valence-corrected chi connectivity index (χ1v) is 13.3. The highest BCUT2D eigenvalue weighted by Crippen LogP contribution is 2.35. The van der Waals surface area contributed by atoms with Crippen LogP contribution in [0.1, 0.15) is 36.7 Å². The number of nitrogens with zero attached hydrogens (tertiary/aromatic N) is 3. The molecule has 2 heterocycles. The molecule has 39 heavy (non-hydrogen) atoms. The molecule has 0 fully saturated rings. The number of carbonyl (C=O) groups is 2. The molecule has 1 unspecified atom stereocenters. The zero-order valence-electron chi connectivity index (χ0n) is 22.6. The van der Waals surface area contributed by atoms with Gasteiger partial charge in [0.1, 0.15) is 18.0 Å². The van der Waals surface area contributed by atoms with Crippen molar-refractivity contribution >= 4 is 17.6 Å². The monoisotopic (exact) mass is 522 g/mol. The number of carbonyl (C=O) groups excluding carboxylic acids is 2. The quantitative estimate of drug-likeness (QED) is 0.303. The van der Waals surface area contributed by atoms with E-state index in [0.29, 0.717) is 24.5 Å². The van der Waals surface area contributed by atoms with E-state index in [-0.39, 0.29) is 30.6 Å². The number of amides is 3. The maximum absolute atomic E-state index is 13.9. The van der Waals surface area contributed by atoms with Gasteiger partial charge >= 0.3 is 6.03 Å². The molecule has 5 rings (SSSR count). The molecule has 0 saturated carbocycles. The summed E-state index contributed by atoms with van der Waals surface area (Å²) < 4.78 is 8.28. The number of benzene rings is 3. The second-order valence-electron chi connectivity index (χ2n) is 10.1. The maximum Gasteiger partial charge on any atom is 0.322 e. The van der Waals surface area contributed by atoms with Crippen molar-refractivity contribution in [1.82, 2.24) is 14.4 Å². The molecule has 200 valence electrons. The SMILES string of the molecule is Cc1ccc(NC(=O)N(CC(=O)N2CCn3cccc3C2c2cccc(Oc3ccccc3)c2)C(C)C)cc1. The van der Waals surface area contributed by atoms with Gasteiger partial charge in [0.05, 0.1) is 6.04 Å². The van der Waals surface area contributed by atoms with Crippen LogP contribution in [0.15, 0.2) is 97.2 Å². The van der Waals surface area contributed by atoms with Gasteiger partial charge in [-0.15, -0.1) is 0 Å². The smallest absolute Gasteiger partial charge is 0.322 e. The third kappa shape index (κ3) is 5.98. The van der Waals surface area contributed by atoms with E-state index in [2.05, 4.69) is 16.0 Å². The molecule has 7 heteroatoms. The van der Waals surface area contributed by atoms with Gasteiger partial charge in [0.15, 0.2) is 0 Å². The van der Waals surface area contributed by atoms with E-state index >= 15 is 0 Å². The van der Waals surface area contributed by atoms with Crippen molar-refractivity contribution in [2.24, 2.45) is 0 Å². The number of urea groups is 1. The van der Waals surface area contributed by atoms with Gasteiger partial charge in [0, 0.05) is 36.7 Å². The van der Waals surface area contributed by atoms with Crippen LogP contribution in [0.3, 0.4) is 0 Å². The van der Waals surface area contributed by atoms with Crippen LogP contribution in [-0.4, -0.2) is 45.4 Å². The van der Waals surface area contributed by atoms with Crippen LogP contribution in [0.25, 0.3) is 0 Å². The second-order valence-corrected chi connectivity index (χ2v) is 10.1. The molecule has 1 atom stereocenters. The average Bonchev–Trinajstić information content (AvgIpc) is 3.42. The van der Waals surface area contributed by atoms with Crippen molar-refractivity contribution in [2.45, 2.75) is 39.4 Å². The van der Waals surface area contributed by atoms with Gasteiger partial charge in [-0.05, 0) is 74.9 Å². The predicted molar refractivity (Wildman–Crippen MR) is 153 cm³/mol. The number of para-hydroxylation sites is 1. The summed E-state index contributed by atoms with van der Waals surface area (Å²) >= 11 is 0. The Kier molecular flexibility index (Phi) is 7.68. The Hall–Kier alpha value is -4.52. The van der Waals surface area contributed by atoms with Crippen LogP contribution in [0.2, 0.25) is 0 Å². The zero-order chi connectivity index (χ0) is 27.4. The highest BCUT2D eigenvalue weighted by Gasteiger charge is 2.34. The van der Waals surface area contributed by atoms with E-state index in [4.69, 9.17) is 4.74 Å². The Morgan fingerprint density at radius 1 is 0.923 bits per heavy atom. The molecule has 0 bridgehead atoms. The van der Waals surface area contributed by atoms with Gasteiger partial charge in [-0.3, -0.25) is 4.79 Å². The van der Waals surface area contributed by atoms with Crippen molar-refractivity contribution in [1.29, 1.82) is 0 Å². The molecule has 3 aromatic carbocycles. The minimum absolute atomic E-state index is 0.0211. The third-order valence-electron chi connectivity index (χ3n) is 7.00. The summed E-state index contributed by atoms with van der Waals surface area (Å²) in [6, 6.07) is 28.5. The van der Waals surface area contributed by atoms with Gasteiger partial charge in [-0.2, -0.15) is 0 Å². The first-order chi connectivity index (χ1) is 18.9. The molecule has 0 aliphatic carbocycles. The lowest BCUT2D eigenvalue weighted by Gasteiger charge is -2.39. The molecule has 1 N–H and O–H groups in total. The Morgan fingerprint density at radius 2 is 1.67 bits per heavy atom. The number of fused-ring (bicyclic) bond motifs is 1. The Bertz CT molecular complexity index is 1430. The summed E-state index contributed by atoms with van der Waals surface area (Å²) in [4.78, 5) is 30.5. The van der Waals surface area contributed by atoms with E-state index < -0.39 is 0 Å². The highest BCUT2D eigenvalue weighted by molar-refractivity contribution is 5.92. The summed E-state index contributed by atoms with van der Waals surface area (Å²) in [5.41, 5.74) is 3.80. The van der Waals surface area contributed by atoms with Crippen molar-refractivity contribution < 1.29 is 14.3 Å². The first-order valence-electron chi connectivity index (χ1n) is 13.3. The molecule has 1 aromatic heterocycles. The molecule has 3 amide bonds. The van der Waals surface area contributed by atoms with E-state index in [9.17, 15) is 9.59 Å². The summed E-state index contributed by atoms with van der Waals surface area (Å²) in [7, 11) is 0. The normalized spacial score (nSPS) is 14.6. The number of aryl methyl sites for hydroxylation is 1. The van der Waals surface area contributed by atoms with Crippen LogP contribution in [0.5, 0.6) is 11.5 Å². The Morgan fingerprint density at radius 3 is 2.41 bits per heavy atom. The maximum atomic E-state index is 13.9. The average molecular weight is 523 g/mol. The molecule has 1 aliphatic heterocycles. The molecule has 0 radical (unpaired) electrons. The highest BCUT2D eigenvalue weighted by atomic mass is 16.5. The van der Waals surface area contributed by atoms with E-state index in [1.807, 2.05) is 117 Å². The first kappa shape index (κ1) is 26.1. The van der Waals surface area contributed by atoms with Crippen molar-refractivity contribution in [2.75, 3.05) is 18.4 Å². The van der Waals surface area contributed by atoms with Crippen LogP contribution in [0.4, 0.5) is 10.5 Å². The molecular weight excluding hydrogens is 488 g/mol. The fourth-order valence-corrected chi connectivity index (χ4v) is 4.93. The standard InChI is InChI=1S/C32H34N4O3/c1-23(2)36(32(38)33-26-16-14-24(3)15-17-26)22-30(37)35-20-19-34-18-8-13-29(34)31(35)25-9-7-12-28(21-25)39-27-10-5-4-6-11-27/h4-18,21,23,31H,19-20,22H2,1-3H3,(H,33,38). The summed E-state index contributed by atoms with van der Waals surface area (Å²) in [5.74, 6) is 1.35. The van der Waals surface area contributed by atoms with Crippen LogP contribution in [0, 0.1) is 6.92 Å². The number of hydrogen-bond acceptors (Lipinski definition) is 3. The van der Waals surface area contributed by atoms with Crippen molar-refractivity contribution in [3.05, 3.63) is 114 Å². The third-order valence-corrected chi connectivity index (χ3v) is 7.00. The fraction of sp³-hybridized carbons (Fsp3) is 0.250. The number of hydrogen-bond donors (Lipinski definition) is 1. The zero-order valence-corrected chi connectivity index (χ0v) is 22.6. The lowest BCUT2D eigenvalue weighted by molar-refractivity contribution is -0.134. The van der Waals surface area contributed by atoms with Gasteiger partial charge in [-0.1, -0.05) is 48.0 Å². The molecule has 4 aromatic rings. The number of anilines is 1. The summed E-state index contributed by atoms with van der Waals surface area (Å²) in [6.07, 6.45) is 2.05. The van der Waals surface area contributed by atoms with Crippen LogP contribution >= 0.6 is 0 Å². The number of aromatic nitrogens is 1. The summed E-state index contributed by atoms with van der Waals surface area (Å²) in [6.45, 7) is 7.06. The minimum atomic E-state index is -0.297. The van der Waals surface area contributed by atoms with Gasteiger partial charge in [-0.25, -0.2) is 4.79 Å². The lowest BCUT2D eigenvalue weighted by atomic mass is 9.99. The van der Waals surface area contributed by atoms with Crippen LogP contribution < -0.4 is 10.1 Å². The minimum Gasteiger partial charge on any atom is -0.457 e. The van der Waals surface area contributed by atoms with Gasteiger partial charge in [0.2, 0.25) is 5.91 Å². The number of nitrogens with one attached hydrogen (secondary N) is 1. The second kappa shape index (κ2) is 11.5. The number of rotatable bonds is 7. The van der Waals surface area contributed by atoms with E-state index in [1.165, 1.54) is 0 Å². The molecule has 1 aliphatic rings. The number of ether oxygens (including phenoxy) is 1.